The summed E-state index contributed by atoms with van der Waals surface area (Å²) in [6.07, 6.45) is 7.62. The first-order chi connectivity index (χ1) is 8.76. The first-order valence-electron chi connectivity index (χ1n) is 7.61. The van der Waals surface area contributed by atoms with E-state index in [4.69, 9.17) is 4.74 Å². The van der Waals surface area contributed by atoms with Gasteiger partial charge in [0.25, 0.3) is 0 Å². The summed E-state index contributed by atoms with van der Waals surface area (Å²) in [6.45, 7) is 9.44. The molecule has 0 N–H and O–H groups in total. The molecule has 108 valence electrons. The van der Waals surface area contributed by atoms with Crippen molar-refractivity contribution in [2.45, 2.75) is 65.7 Å². The number of hydrogen-bond acceptors (Lipinski definition) is 2. The smallest absolute Gasteiger partial charge is 0.224 e. The summed E-state index contributed by atoms with van der Waals surface area (Å²) in [5.74, 6) is 0.260. The summed E-state index contributed by atoms with van der Waals surface area (Å²) in [6, 6.07) is 0. The lowest BCUT2D eigenvalue weighted by molar-refractivity contribution is -0.132. The highest BCUT2D eigenvalue weighted by Gasteiger charge is 2.12. The van der Waals surface area contributed by atoms with E-state index in [0.717, 1.165) is 25.9 Å². The van der Waals surface area contributed by atoms with E-state index in [9.17, 15) is 4.79 Å². The average Bonchev–Trinajstić information content (AvgIpc) is 2.37. The molecule has 0 unspecified atom stereocenters. The van der Waals surface area contributed by atoms with Gasteiger partial charge in [0.1, 0.15) is 0 Å². The molecule has 0 aromatic carbocycles. The van der Waals surface area contributed by atoms with Gasteiger partial charge >= 0.3 is 0 Å². The van der Waals surface area contributed by atoms with Crippen LogP contribution in [0.25, 0.3) is 0 Å². The standard InChI is InChI=1S/C15H31NO2/c1-4-7-9-12-16(13-10-8-5-2)15(17)11-14-18-6-3/h4-14H2,1-3H3. The van der Waals surface area contributed by atoms with Crippen molar-refractivity contribution in [2.75, 3.05) is 26.3 Å². The van der Waals surface area contributed by atoms with Crippen molar-refractivity contribution in [3.8, 4) is 0 Å². The summed E-state index contributed by atoms with van der Waals surface area (Å²) in [7, 11) is 0. The van der Waals surface area contributed by atoms with Gasteiger partial charge in [0.15, 0.2) is 0 Å². The van der Waals surface area contributed by atoms with E-state index >= 15 is 0 Å². The second kappa shape index (κ2) is 12.9. The molecule has 0 atom stereocenters. The van der Waals surface area contributed by atoms with Gasteiger partial charge in [0.2, 0.25) is 5.91 Å². The number of unbranched alkanes of at least 4 members (excludes halogenated alkanes) is 4. The number of hydrogen-bond donors (Lipinski definition) is 0. The molecular formula is C15H31NO2. The van der Waals surface area contributed by atoms with Crippen LogP contribution in [0.1, 0.15) is 65.7 Å². The number of carbonyl (C=O) groups is 1. The molecule has 0 saturated heterocycles. The van der Waals surface area contributed by atoms with Gasteiger partial charge in [0.05, 0.1) is 13.0 Å². The second-order valence-corrected chi connectivity index (χ2v) is 4.74. The van der Waals surface area contributed by atoms with Gasteiger partial charge in [-0.05, 0) is 19.8 Å². The molecule has 0 saturated carbocycles. The minimum absolute atomic E-state index is 0.260. The van der Waals surface area contributed by atoms with Gasteiger partial charge in [0, 0.05) is 19.7 Å². The number of amides is 1. The second-order valence-electron chi connectivity index (χ2n) is 4.74. The van der Waals surface area contributed by atoms with E-state index in [1.54, 1.807) is 0 Å². The zero-order chi connectivity index (χ0) is 13.6. The topological polar surface area (TPSA) is 29.5 Å². The molecule has 0 aromatic heterocycles. The number of carbonyl (C=O) groups excluding carboxylic acids is 1. The molecule has 0 aliphatic heterocycles. The van der Waals surface area contributed by atoms with Crippen LogP contribution < -0.4 is 0 Å². The van der Waals surface area contributed by atoms with Crippen molar-refractivity contribution in [1.29, 1.82) is 0 Å². The Morgan fingerprint density at radius 3 is 1.94 bits per heavy atom. The van der Waals surface area contributed by atoms with Crippen LogP contribution in [0.5, 0.6) is 0 Å². The minimum Gasteiger partial charge on any atom is -0.381 e. The van der Waals surface area contributed by atoms with E-state index in [2.05, 4.69) is 13.8 Å². The fraction of sp³-hybridized carbons (Fsp3) is 0.933. The molecule has 3 nitrogen and oxygen atoms in total. The Kier molecular flexibility index (Phi) is 12.5. The van der Waals surface area contributed by atoms with E-state index in [1.165, 1.54) is 25.7 Å². The highest BCUT2D eigenvalue weighted by Crippen LogP contribution is 2.05. The number of rotatable bonds is 12. The SMILES string of the molecule is CCCCCN(CCCCC)C(=O)CCOCC. The Balaban J connectivity index is 3.95. The molecule has 0 spiro atoms. The summed E-state index contributed by atoms with van der Waals surface area (Å²) in [5.41, 5.74) is 0. The summed E-state index contributed by atoms with van der Waals surface area (Å²) in [5, 5.41) is 0. The molecule has 3 heteroatoms. The van der Waals surface area contributed by atoms with E-state index < -0.39 is 0 Å². The van der Waals surface area contributed by atoms with Crippen LogP contribution in [0.4, 0.5) is 0 Å². The largest absolute Gasteiger partial charge is 0.381 e. The van der Waals surface area contributed by atoms with E-state index in [1.807, 2.05) is 11.8 Å². The Bertz CT molecular complexity index is 185. The maximum Gasteiger partial charge on any atom is 0.224 e. The summed E-state index contributed by atoms with van der Waals surface area (Å²) >= 11 is 0. The number of ether oxygens (including phenoxy) is 1. The van der Waals surface area contributed by atoms with Gasteiger partial charge in [-0.1, -0.05) is 39.5 Å². The van der Waals surface area contributed by atoms with Gasteiger partial charge in [-0.25, -0.2) is 0 Å². The maximum atomic E-state index is 12.1. The van der Waals surface area contributed by atoms with Crippen LogP contribution in [0.15, 0.2) is 0 Å². The third-order valence-corrected chi connectivity index (χ3v) is 3.08. The molecule has 18 heavy (non-hydrogen) atoms. The molecule has 0 rings (SSSR count). The van der Waals surface area contributed by atoms with Crippen LogP contribution in [-0.2, 0) is 9.53 Å². The fourth-order valence-electron chi connectivity index (χ4n) is 1.93. The molecule has 0 heterocycles. The average molecular weight is 257 g/mol. The van der Waals surface area contributed by atoms with Crippen LogP contribution in [0.2, 0.25) is 0 Å². The monoisotopic (exact) mass is 257 g/mol. The zero-order valence-electron chi connectivity index (χ0n) is 12.5. The predicted octanol–water partition coefficient (Wildman–Crippen LogP) is 3.62. The maximum absolute atomic E-state index is 12.1. The van der Waals surface area contributed by atoms with E-state index in [-0.39, 0.29) is 5.91 Å². The van der Waals surface area contributed by atoms with Gasteiger partial charge < -0.3 is 9.64 Å². The Hall–Kier alpha value is -0.570. The van der Waals surface area contributed by atoms with Gasteiger partial charge in [-0.15, -0.1) is 0 Å². The van der Waals surface area contributed by atoms with Crippen molar-refractivity contribution in [3.05, 3.63) is 0 Å². The van der Waals surface area contributed by atoms with Gasteiger partial charge in [-0.3, -0.25) is 4.79 Å². The minimum atomic E-state index is 0.260. The fourth-order valence-corrected chi connectivity index (χ4v) is 1.93. The van der Waals surface area contributed by atoms with Crippen LogP contribution in [-0.4, -0.2) is 37.1 Å². The van der Waals surface area contributed by atoms with Crippen LogP contribution >= 0.6 is 0 Å². The highest BCUT2D eigenvalue weighted by molar-refractivity contribution is 5.76. The molecule has 0 bridgehead atoms. The molecule has 0 radical (unpaired) electrons. The van der Waals surface area contributed by atoms with Crippen molar-refractivity contribution >= 4 is 5.91 Å². The summed E-state index contributed by atoms with van der Waals surface area (Å²) < 4.78 is 5.26. The predicted molar refractivity (Wildman–Crippen MR) is 76.7 cm³/mol. The van der Waals surface area contributed by atoms with Gasteiger partial charge in [-0.2, -0.15) is 0 Å². The first kappa shape index (κ1) is 17.4. The van der Waals surface area contributed by atoms with E-state index in [0.29, 0.717) is 19.6 Å². The molecule has 0 aromatic rings. The zero-order valence-corrected chi connectivity index (χ0v) is 12.5. The third kappa shape index (κ3) is 9.46. The summed E-state index contributed by atoms with van der Waals surface area (Å²) in [4.78, 5) is 14.1. The molecule has 0 aliphatic carbocycles. The molecule has 1 amide bonds. The molecule has 0 aliphatic rings. The van der Waals surface area contributed by atoms with Crippen molar-refractivity contribution in [3.63, 3.8) is 0 Å². The van der Waals surface area contributed by atoms with Crippen molar-refractivity contribution in [1.82, 2.24) is 4.90 Å². The van der Waals surface area contributed by atoms with Crippen LogP contribution in [0, 0.1) is 0 Å². The molecule has 0 fully saturated rings. The molecular weight excluding hydrogens is 226 g/mol. The number of nitrogens with zero attached hydrogens (tertiary/aromatic N) is 1. The lowest BCUT2D eigenvalue weighted by Crippen LogP contribution is -2.33. The van der Waals surface area contributed by atoms with Crippen LogP contribution in [0.3, 0.4) is 0 Å². The quantitative estimate of drug-likeness (QED) is 0.500. The van der Waals surface area contributed by atoms with Crippen molar-refractivity contribution < 1.29 is 9.53 Å². The lowest BCUT2D eigenvalue weighted by atomic mass is 10.2. The van der Waals surface area contributed by atoms with Crippen molar-refractivity contribution in [2.24, 2.45) is 0 Å². The normalized spacial score (nSPS) is 10.6. The Labute approximate surface area is 113 Å². The Morgan fingerprint density at radius 2 is 1.50 bits per heavy atom. The lowest BCUT2D eigenvalue weighted by Gasteiger charge is -2.22. The Morgan fingerprint density at radius 1 is 0.944 bits per heavy atom. The third-order valence-electron chi connectivity index (χ3n) is 3.08. The highest BCUT2D eigenvalue weighted by atomic mass is 16.5. The first-order valence-corrected chi connectivity index (χ1v) is 7.61.